The largest absolute Gasteiger partial charge is 0.297 e. The maximum absolute atomic E-state index is 11.1. The molecule has 0 saturated carbocycles. The molecule has 0 aliphatic carbocycles. The highest BCUT2D eigenvalue weighted by atomic mass is 32.1. The molecule has 0 radical (unpaired) electrons. The number of rotatable bonds is 6. The van der Waals surface area contributed by atoms with Crippen LogP contribution in [0.5, 0.6) is 0 Å². The molecule has 5 heterocycles. The normalized spacial score (nSPS) is 9.42. The fraction of sp³-hybridized carbons (Fsp3) is 0. The fourth-order valence-electron chi connectivity index (χ4n) is 3.46. The van der Waals surface area contributed by atoms with Crippen molar-refractivity contribution in [2.75, 3.05) is 0 Å². The van der Waals surface area contributed by atoms with Crippen LogP contribution in [0.25, 0.3) is 12.2 Å². The minimum Gasteiger partial charge on any atom is -0.297 e. The van der Waals surface area contributed by atoms with Gasteiger partial charge in [-0.15, -0.1) is 56.7 Å². The molecule has 0 aromatic carbocycles. The molecule has 5 aromatic rings. The number of carbonyl (C=O) groups is 4. The number of carbonyl (C=O) groups excluding carboxylic acids is 4. The van der Waals surface area contributed by atoms with Crippen molar-refractivity contribution < 1.29 is 19.2 Å². The van der Waals surface area contributed by atoms with Crippen molar-refractivity contribution >= 4 is 94.0 Å². The Balaban J connectivity index is 1.48. The van der Waals surface area contributed by atoms with Gasteiger partial charge in [0.15, 0.2) is 25.1 Å². The van der Waals surface area contributed by atoms with Crippen molar-refractivity contribution in [1.82, 2.24) is 0 Å². The maximum atomic E-state index is 11.1. The summed E-state index contributed by atoms with van der Waals surface area (Å²) in [5.74, 6) is 24.8. The second-order valence-electron chi connectivity index (χ2n) is 8.64. The lowest BCUT2D eigenvalue weighted by molar-refractivity contribution is 0.111. The number of aldehydes is 4. The molecule has 0 saturated heterocycles. The third kappa shape index (κ3) is 9.19. The van der Waals surface area contributed by atoms with Gasteiger partial charge in [0.2, 0.25) is 0 Å². The van der Waals surface area contributed by atoms with E-state index in [1.807, 2.05) is 24.3 Å². The first kappa shape index (κ1) is 31.3. The number of hydrogen-bond acceptors (Lipinski definition) is 9. The zero-order valence-corrected chi connectivity index (χ0v) is 27.0. The van der Waals surface area contributed by atoms with Gasteiger partial charge in [0, 0.05) is 9.75 Å². The van der Waals surface area contributed by atoms with E-state index in [1.54, 1.807) is 48.5 Å². The Hall–Kier alpha value is -5.10. The van der Waals surface area contributed by atoms with E-state index in [-0.39, 0.29) is 0 Å². The number of thiophene rings is 5. The van der Waals surface area contributed by atoms with E-state index in [2.05, 4.69) is 47.4 Å². The second-order valence-corrected chi connectivity index (χ2v) is 14.2. The molecule has 45 heavy (non-hydrogen) atoms. The summed E-state index contributed by atoms with van der Waals surface area (Å²) >= 11 is 6.73. The molecule has 0 spiro atoms. The molecule has 214 valence electrons. The Labute approximate surface area is 279 Å². The third-order valence-electron chi connectivity index (χ3n) is 5.47. The van der Waals surface area contributed by atoms with Crippen LogP contribution in [0, 0.1) is 47.4 Å². The summed E-state index contributed by atoms with van der Waals surface area (Å²) in [5.41, 5.74) is 1.14. The molecule has 0 aliphatic rings. The van der Waals surface area contributed by atoms with Gasteiger partial charge in [-0.05, 0) is 96.5 Å². The minimum atomic E-state index is 0.571. The van der Waals surface area contributed by atoms with Crippen LogP contribution in [0.4, 0.5) is 0 Å². The first-order chi connectivity index (χ1) is 22.0. The van der Waals surface area contributed by atoms with Gasteiger partial charge in [-0.3, -0.25) is 19.2 Å². The Morgan fingerprint density at radius 1 is 0.378 bits per heavy atom. The van der Waals surface area contributed by atoms with E-state index in [0.717, 1.165) is 54.4 Å². The average Bonchev–Trinajstić information content (AvgIpc) is 3.90. The Morgan fingerprint density at radius 3 is 0.889 bits per heavy atom. The Kier molecular flexibility index (Phi) is 10.8. The monoisotopic (exact) mass is 672 g/mol. The van der Waals surface area contributed by atoms with Gasteiger partial charge in [0.05, 0.1) is 50.2 Å². The Bertz CT molecular complexity index is 1940. The maximum Gasteiger partial charge on any atom is 0.160 e. The van der Waals surface area contributed by atoms with Gasteiger partial charge < -0.3 is 0 Å². The lowest BCUT2D eigenvalue weighted by Crippen LogP contribution is -1.75. The highest BCUT2D eigenvalue weighted by Crippen LogP contribution is 2.23. The van der Waals surface area contributed by atoms with Crippen LogP contribution >= 0.6 is 56.7 Å². The molecule has 5 aromatic heterocycles. The summed E-state index contributed by atoms with van der Waals surface area (Å²) in [7, 11) is 0. The van der Waals surface area contributed by atoms with Crippen LogP contribution in [0.3, 0.4) is 0 Å². The van der Waals surface area contributed by atoms with Crippen LogP contribution in [0.15, 0.2) is 71.8 Å². The molecule has 0 atom stereocenters. The average molecular weight is 673 g/mol. The lowest BCUT2D eigenvalue weighted by Gasteiger charge is -1.90. The smallest absolute Gasteiger partial charge is 0.160 e. The summed E-state index contributed by atoms with van der Waals surface area (Å²) in [6.07, 6.45) is 6.96. The van der Waals surface area contributed by atoms with Crippen LogP contribution in [-0.2, 0) is 0 Å². The van der Waals surface area contributed by atoms with Gasteiger partial charge >= 0.3 is 0 Å². The van der Waals surface area contributed by atoms with Crippen molar-refractivity contribution in [3.05, 3.63) is 121 Å². The highest BCUT2D eigenvalue weighted by Gasteiger charge is 2.02. The molecule has 4 nitrogen and oxygen atoms in total. The van der Waals surface area contributed by atoms with E-state index >= 15 is 0 Å². The molecule has 0 unspecified atom stereocenters. The minimum absolute atomic E-state index is 0.571. The second kappa shape index (κ2) is 15.6. The van der Waals surface area contributed by atoms with Crippen molar-refractivity contribution in [3.63, 3.8) is 0 Å². The molecular formula is C36H16O4S5. The van der Waals surface area contributed by atoms with Crippen molar-refractivity contribution in [2.45, 2.75) is 0 Å². The van der Waals surface area contributed by atoms with Gasteiger partial charge in [0.1, 0.15) is 0 Å². The van der Waals surface area contributed by atoms with Gasteiger partial charge in [0.25, 0.3) is 0 Å². The molecular weight excluding hydrogens is 657 g/mol. The van der Waals surface area contributed by atoms with E-state index in [0.29, 0.717) is 30.7 Å². The van der Waals surface area contributed by atoms with Crippen molar-refractivity contribution in [2.24, 2.45) is 0 Å². The topological polar surface area (TPSA) is 68.3 Å². The third-order valence-corrected chi connectivity index (χ3v) is 10.2. The van der Waals surface area contributed by atoms with Crippen LogP contribution in [0.2, 0.25) is 0 Å². The molecule has 0 bridgehead atoms. The van der Waals surface area contributed by atoms with Gasteiger partial charge in [-0.2, -0.15) is 0 Å². The molecule has 0 fully saturated rings. The summed E-state index contributed by atoms with van der Waals surface area (Å²) < 4.78 is 0. The first-order valence-electron chi connectivity index (χ1n) is 12.8. The predicted molar refractivity (Wildman–Crippen MR) is 187 cm³/mol. The lowest BCUT2D eigenvalue weighted by atomic mass is 10.2. The van der Waals surface area contributed by atoms with E-state index in [1.165, 1.54) is 56.7 Å². The van der Waals surface area contributed by atoms with Crippen LogP contribution in [-0.4, -0.2) is 25.1 Å². The van der Waals surface area contributed by atoms with Gasteiger partial charge in [-0.1, -0.05) is 23.7 Å². The number of hydrogen-bond donors (Lipinski definition) is 0. The zero-order chi connectivity index (χ0) is 31.4. The SMILES string of the molecule is O=Cc1ccc(C#CC(C#Cc2ccc(C=O)s2)=Cc2ccc(C=C(C#Cc3ccc(C=O)s3)C#Cc3ccc(C=O)s3)s2)s1. The van der Waals surface area contributed by atoms with Crippen LogP contribution in [0.1, 0.15) is 67.9 Å². The quantitative estimate of drug-likeness (QED) is 0.135. The number of allylic oxidation sites excluding steroid dienone is 2. The molecule has 0 N–H and O–H groups in total. The Morgan fingerprint density at radius 2 is 0.644 bits per heavy atom. The zero-order valence-electron chi connectivity index (χ0n) is 22.9. The molecule has 0 amide bonds. The van der Waals surface area contributed by atoms with Crippen LogP contribution < -0.4 is 0 Å². The fourth-order valence-corrected chi connectivity index (χ4v) is 7.07. The van der Waals surface area contributed by atoms with Crippen molar-refractivity contribution in [1.29, 1.82) is 0 Å². The molecule has 5 rings (SSSR count). The summed E-state index contributed by atoms with van der Waals surface area (Å²) in [6, 6.07) is 18.0. The summed E-state index contributed by atoms with van der Waals surface area (Å²) in [6.45, 7) is 0. The predicted octanol–water partition coefficient (Wildman–Crippen LogP) is 8.22. The molecule has 0 aliphatic heterocycles. The highest BCUT2D eigenvalue weighted by molar-refractivity contribution is 7.15. The van der Waals surface area contributed by atoms with Gasteiger partial charge in [-0.25, -0.2) is 0 Å². The van der Waals surface area contributed by atoms with E-state index < -0.39 is 0 Å². The molecule has 9 heteroatoms. The summed E-state index contributed by atoms with van der Waals surface area (Å²) in [4.78, 5) is 51.5. The standard InChI is InChI=1S/C36H16O4S5/c37-21-33-15-9-27(41-33)5-1-25(2-6-28-10-16-34(22-38)42-28)19-31-13-14-32(45-31)20-26(3-7-29-11-17-35(23-39)43-29)4-8-30-12-18-36(24-40)44-30/h9-24H. The van der Waals surface area contributed by atoms with E-state index in [9.17, 15) is 19.2 Å². The summed E-state index contributed by atoms with van der Waals surface area (Å²) in [5, 5.41) is 0. The van der Waals surface area contributed by atoms with Crippen molar-refractivity contribution in [3.8, 4) is 47.4 Å². The first-order valence-corrected chi connectivity index (χ1v) is 16.9. The van der Waals surface area contributed by atoms with E-state index in [4.69, 9.17) is 0 Å².